The van der Waals surface area contributed by atoms with Crippen molar-refractivity contribution < 1.29 is 9.18 Å². The van der Waals surface area contributed by atoms with Crippen LogP contribution in [-0.2, 0) is 0 Å². The summed E-state index contributed by atoms with van der Waals surface area (Å²) in [6.07, 6.45) is 1.21. The molecule has 0 bridgehead atoms. The van der Waals surface area contributed by atoms with E-state index in [9.17, 15) is 9.18 Å². The first-order chi connectivity index (χ1) is 8.58. The van der Waals surface area contributed by atoms with Gasteiger partial charge in [-0.1, -0.05) is 29.3 Å². The lowest BCUT2D eigenvalue weighted by Gasteiger charge is -2.07. The molecule has 0 radical (unpaired) electrons. The maximum absolute atomic E-state index is 12.6. The van der Waals surface area contributed by atoms with Crippen LogP contribution < -0.4 is 5.32 Å². The number of anilines is 1. The van der Waals surface area contributed by atoms with E-state index in [0.29, 0.717) is 5.69 Å². The largest absolute Gasteiger partial charge is 0.320 e. The van der Waals surface area contributed by atoms with Gasteiger partial charge in [0.1, 0.15) is 0 Å². The maximum atomic E-state index is 12.6. The molecule has 3 nitrogen and oxygen atoms in total. The highest BCUT2D eigenvalue weighted by Crippen LogP contribution is 2.25. The number of halogens is 3. The van der Waals surface area contributed by atoms with Crippen molar-refractivity contribution in [2.24, 2.45) is 0 Å². The lowest BCUT2D eigenvalue weighted by molar-refractivity contribution is 0.102. The molecule has 0 aliphatic carbocycles. The van der Waals surface area contributed by atoms with Crippen LogP contribution in [0, 0.1) is 5.95 Å². The first-order valence-corrected chi connectivity index (χ1v) is 5.70. The standard InChI is InChI=1S/C12H7Cl2FN2O/c13-8-2-1-3-9(14)11(8)12(18)17-7-4-5-10(15)16-6-7/h1-6H,(H,17,18). The number of carbonyl (C=O) groups is 1. The Morgan fingerprint density at radius 1 is 1.17 bits per heavy atom. The molecule has 0 saturated heterocycles. The molecule has 0 aliphatic heterocycles. The summed E-state index contributed by atoms with van der Waals surface area (Å²) in [6.45, 7) is 0. The SMILES string of the molecule is O=C(Nc1ccc(F)nc1)c1c(Cl)cccc1Cl. The van der Waals surface area contributed by atoms with E-state index in [1.54, 1.807) is 18.2 Å². The van der Waals surface area contributed by atoms with Crippen molar-refractivity contribution in [1.29, 1.82) is 0 Å². The summed E-state index contributed by atoms with van der Waals surface area (Å²) in [5.74, 6) is -1.09. The Labute approximate surface area is 113 Å². The van der Waals surface area contributed by atoms with Gasteiger partial charge in [-0.15, -0.1) is 0 Å². The molecule has 2 aromatic rings. The molecule has 1 heterocycles. The van der Waals surface area contributed by atoms with Crippen molar-refractivity contribution in [2.75, 3.05) is 5.32 Å². The second-order valence-corrected chi connectivity index (χ2v) is 4.23. The predicted molar refractivity (Wildman–Crippen MR) is 68.6 cm³/mol. The van der Waals surface area contributed by atoms with Gasteiger partial charge in [-0.25, -0.2) is 4.98 Å². The van der Waals surface area contributed by atoms with Gasteiger partial charge in [0.25, 0.3) is 5.91 Å². The van der Waals surface area contributed by atoms with Gasteiger partial charge in [0.05, 0.1) is 27.5 Å². The molecule has 18 heavy (non-hydrogen) atoms. The number of hydrogen-bond donors (Lipinski definition) is 1. The van der Waals surface area contributed by atoms with Gasteiger partial charge in [-0.2, -0.15) is 4.39 Å². The zero-order chi connectivity index (χ0) is 13.1. The minimum absolute atomic E-state index is 0.171. The smallest absolute Gasteiger partial charge is 0.258 e. The van der Waals surface area contributed by atoms with Crippen LogP contribution >= 0.6 is 23.2 Å². The monoisotopic (exact) mass is 284 g/mol. The Bertz CT molecular complexity index is 567. The number of amides is 1. The molecular formula is C12H7Cl2FN2O. The van der Waals surface area contributed by atoms with Gasteiger partial charge in [0, 0.05) is 0 Å². The number of benzene rings is 1. The fourth-order valence-electron chi connectivity index (χ4n) is 1.36. The van der Waals surface area contributed by atoms with Crippen LogP contribution in [0.1, 0.15) is 10.4 Å². The Morgan fingerprint density at radius 3 is 2.39 bits per heavy atom. The van der Waals surface area contributed by atoms with Gasteiger partial charge in [0.15, 0.2) is 0 Å². The molecule has 1 aromatic carbocycles. The second kappa shape index (κ2) is 5.33. The molecule has 1 amide bonds. The highest BCUT2D eigenvalue weighted by Gasteiger charge is 2.14. The molecule has 0 aliphatic rings. The Morgan fingerprint density at radius 2 is 1.83 bits per heavy atom. The highest BCUT2D eigenvalue weighted by molar-refractivity contribution is 6.40. The van der Waals surface area contributed by atoms with E-state index in [1.807, 2.05) is 0 Å². The van der Waals surface area contributed by atoms with Gasteiger partial charge in [-0.05, 0) is 24.3 Å². The first kappa shape index (κ1) is 12.8. The van der Waals surface area contributed by atoms with Gasteiger partial charge in [0.2, 0.25) is 5.95 Å². The van der Waals surface area contributed by atoms with E-state index in [4.69, 9.17) is 23.2 Å². The summed E-state index contributed by atoms with van der Waals surface area (Å²) in [5, 5.41) is 3.02. The normalized spacial score (nSPS) is 10.2. The van der Waals surface area contributed by atoms with Crippen LogP contribution in [0.15, 0.2) is 36.5 Å². The molecular weight excluding hydrogens is 278 g/mol. The van der Waals surface area contributed by atoms with E-state index < -0.39 is 11.9 Å². The zero-order valence-corrected chi connectivity index (χ0v) is 10.5. The van der Waals surface area contributed by atoms with Crippen LogP contribution in [0.4, 0.5) is 10.1 Å². The Hall–Kier alpha value is -1.65. The fourth-order valence-corrected chi connectivity index (χ4v) is 1.93. The maximum Gasteiger partial charge on any atom is 0.258 e. The molecule has 0 atom stereocenters. The highest BCUT2D eigenvalue weighted by atomic mass is 35.5. The van der Waals surface area contributed by atoms with Crippen molar-refractivity contribution in [2.45, 2.75) is 0 Å². The fraction of sp³-hybridized carbons (Fsp3) is 0. The minimum atomic E-state index is -0.622. The summed E-state index contributed by atoms with van der Waals surface area (Å²) in [7, 11) is 0. The Kier molecular flexibility index (Phi) is 3.79. The summed E-state index contributed by atoms with van der Waals surface area (Å²) in [5.41, 5.74) is 0.530. The molecule has 1 N–H and O–H groups in total. The van der Waals surface area contributed by atoms with E-state index in [0.717, 1.165) is 6.07 Å². The number of hydrogen-bond acceptors (Lipinski definition) is 2. The molecule has 92 valence electrons. The lowest BCUT2D eigenvalue weighted by Crippen LogP contribution is -2.13. The summed E-state index contributed by atoms with van der Waals surface area (Å²) in [4.78, 5) is 15.4. The van der Waals surface area contributed by atoms with Crippen molar-refractivity contribution in [3.05, 3.63) is 58.1 Å². The molecule has 0 spiro atoms. The van der Waals surface area contributed by atoms with Crippen molar-refractivity contribution in [3.63, 3.8) is 0 Å². The van der Waals surface area contributed by atoms with Crippen LogP contribution in [0.25, 0.3) is 0 Å². The van der Waals surface area contributed by atoms with E-state index >= 15 is 0 Å². The zero-order valence-electron chi connectivity index (χ0n) is 8.95. The molecule has 0 saturated carbocycles. The number of carbonyl (C=O) groups excluding carboxylic acids is 1. The van der Waals surface area contributed by atoms with Gasteiger partial charge >= 0.3 is 0 Å². The third-order valence-corrected chi connectivity index (χ3v) is 2.81. The number of nitrogens with one attached hydrogen (secondary N) is 1. The lowest BCUT2D eigenvalue weighted by atomic mass is 10.2. The average Bonchev–Trinajstić information content (AvgIpc) is 2.32. The van der Waals surface area contributed by atoms with E-state index in [-0.39, 0.29) is 15.6 Å². The quantitative estimate of drug-likeness (QED) is 0.853. The van der Waals surface area contributed by atoms with Crippen LogP contribution in [0.5, 0.6) is 0 Å². The summed E-state index contributed by atoms with van der Waals surface area (Å²) >= 11 is 11.8. The third kappa shape index (κ3) is 2.78. The van der Waals surface area contributed by atoms with Crippen molar-refractivity contribution >= 4 is 34.8 Å². The van der Waals surface area contributed by atoms with Crippen LogP contribution in [0.3, 0.4) is 0 Å². The molecule has 2 rings (SSSR count). The van der Waals surface area contributed by atoms with Crippen molar-refractivity contribution in [3.8, 4) is 0 Å². The van der Waals surface area contributed by atoms with Crippen LogP contribution in [0.2, 0.25) is 10.0 Å². The third-order valence-electron chi connectivity index (χ3n) is 2.18. The molecule has 0 fully saturated rings. The van der Waals surface area contributed by atoms with Crippen molar-refractivity contribution in [1.82, 2.24) is 4.98 Å². The topological polar surface area (TPSA) is 42.0 Å². The summed E-state index contributed by atoms with van der Waals surface area (Å²) in [6, 6.07) is 7.30. The predicted octanol–water partition coefficient (Wildman–Crippen LogP) is 3.78. The van der Waals surface area contributed by atoms with Crippen LogP contribution in [-0.4, -0.2) is 10.9 Å². The van der Waals surface area contributed by atoms with E-state index in [1.165, 1.54) is 12.3 Å². The summed E-state index contributed by atoms with van der Waals surface area (Å²) < 4.78 is 12.6. The van der Waals surface area contributed by atoms with Gasteiger partial charge in [-0.3, -0.25) is 4.79 Å². The Balaban J connectivity index is 2.25. The number of aromatic nitrogens is 1. The number of pyridine rings is 1. The molecule has 1 aromatic heterocycles. The number of nitrogens with zero attached hydrogens (tertiary/aromatic N) is 1. The molecule has 0 unspecified atom stereocenters. The average molecular weight is 285 g/mol. The minimum Gasteiger partial charge on any atom is -0.320 e. The molecule has 6 heteroatoms. The van der Waals surface area contributed by atoms with Gasteiger partial charge < -0.3 is 5.32 Å². The second-order valence-electron chi connectivity index (χ2n) is 3.42. The number of rotatable bonds is 2. The van der Waals surface area contributed by atoms with E-state index in [2.05, 4.69) is 10.3 Å². The first-order valence-electron chi connectivity index (χ1n) is 4.95.